The first-order valence-electron chi connectivity index (χ1n) is 11.7. The zero-order valence-corrected chi connectivity index (χ0v) is 19.4. The number of alkyl carbamates (subject to hydrolysis) is 1. The van der Waals surface area contributed by atoms with Crippen molar-refractivity contribution in [3.8, 4) is 11.1 Å². The number of carbonyl (C=O) groups is 3. The average Bonchev–Trinajstić information content (AvgIpc) is 3.45. The highest BCUT2D eigenvalue weighted by Crippen LogP contribution is 2.44. The predicted octanol–water partition coefficient (Wildman–Crippen LogP) is 3.25. The van der Waals surface area contributed by atoms with Crippen molar-refractivity contribution in [1.82, 2.24) is 10.2 Å². The number of amides is 2. The number of benzene rings is 2. The van der Waals surface area contributed by atoms with Crippen molar-refractivity contribution in [1.29, 1.82) is 0 Å². The van der Waals surface area contributed by atoms with Crippen LogP contribution in [0.3, 0.4) is 0 Å². The maximum absolute atomic E-state index is 13.2. The molecule has 1 heterocycles. The number of hydrogen-bond donors (Lipinski definition) is 2. The molecular formula is C26H30N2O6. The summed E-state index contributed by atoms with van der Waals surface area (Å²) in [6.45, 7) is 4.28. The maximum Gasteiger partial charge on any atom is 0.407 e. The van der Waals surface area contributed by atoms with Crippen molar-refractivity contribution >= 4 is 18.0 Å². The van der Waals surface area contributed by atoms with Gasteiger partial charge in [0.05, 0.1) is 19.3 Å². The molecule has 2 aliphatic rings. The molecule has 2 aromatic carbocycles. The number of carboxylic acid groups (broad SMARTS) is 1. The van der Waals surface area contributed by atoms with Crippen molar-refractivity contribution in [2.24, 2.45) is 5.92 Å². The van der Waals surface area contributed by atoms with E-state index in [1.807, 2.05) is 36.4 Å². The van der Waals surface area contributed by atoms with Crippen LogP contribution >= 0.6 is 0 Å². The highest BCUT2D eigenvalue weighted by atomic mass is 16.5. The summed E-state index contributed by atoms with van der Waals surface area (Å²) < 4.78 is 10.9. The van der Waals surface area contributed by atoms with Gasteiger partial charge in [-0.2, -0.15) is 0 Å². The molecule has 34 heavy (non-hydrogen) atoms. The van der Waals surface area contributed by atoms with Crippen molar-refractivity contribution < 1.29 is 29.0 Å². The quantitative estimate of drug-likeness (QED) is 0.619. The molecule has 0 aromatic heterocycles. The Balaban J connectivity index is 1.41. The minimum Gasteiger partial charge on any atom is -0.481 e. The molecule has 1 saturated heterocycles. The van der Waals surface area contributed by atoms with E-state index in [4.69, 9.17) is 9.47 Å². The van der Waals surface area contributed by atoms with Gasteiger partial charge in [-0.25, -0.2) is 4.79 Å². The Morgan fingerprint density at radius 3 is 2.24 bits per heavy atom. The van der Waals surface area contributed by atoms with E-state index in [1.54, 1.807) is 13.8 Å². The Morgan fingerprint density at radius 2 is 1.68 bits per heavy atom. The summed E-state index contributed by atoms with van der Waals surface area (Å²) in [5, 5.41) is 12.1. The number of carbonyl (C=O) groups excluding carboxylic acids is 2. The number of hydrogen-bond acceptors (Lipinski definition) is 5. The first-order valence-corrected chi connectivity index (χ1v) is 11.7. The van der Waals surface area contributed by atoms with Crippen LogP contribution in [-0.2, 0) is 19.1 Å². The van der Waals surface area contributed by atoms with Crippen LogP contribution in [0.5, 0.6) is 0 Å². The molecule has 1 aliphatic heterocycles. The van der Waals surface area contributed by atoms with Crippen LogP contribution in [0.4, 0.5) is 4.79 Å². The molecule has 2 aromatic rings. The lowest BCUT2D eigenvalue weighted by Gasteiger charge is -2.32. The standard InChI is InChI=1S/C26H30N2O6/c1-3-22(24(29)28(4-2)23-15-33-13-21(23)25(30)31)27-26(32)34-14-20-18-11-7-5-9-16(18)17-10-6-8-12-19(17)20/h5-12,20-23H,3-4,13-15H2,1-2H3,(H,27,32)(H,30,31)/t21?,22-,23?/m1/s1. The smallest absolute Gasteiger partial charge is 0.407 e. The molecule has 0 bridgehead atoms. The molecule has 0 spiro atoms. The van der Waals surface area contributed by atoms with E-state index in [1.165, 1.54) is 4.90 Å². The highest BCUT2D eigenvalue weighted by Gasteiger charge is 2.41. The summed E-state index contributed by atoms with van der Waals surface area (Å²) in [5.74, 6) is -2.18. The van der Waals surface area contributed by atoms with Crippen molar-refractivity contribution in [2.75, 3.05) is 26.4 Å². The van der Waals surface area contributed by atoms with Gasteiger partial charge in [0.1, 0.15) is 18.6 Å². The van der Waals surface area contributed by atoms with Gasteiger partial charge in [0.2, 0.25) is 5.91 Å². The summed E-state index contributed by atoms with van der Waals surface area (Å²) in [7, 11) is 0. The van der Waals surface area contributed by atoms with E-state index in [0.29, 0.717) is 13.0 Å². The molecule has 1 aliphatic carbocycles. The first kappa shape index (κ1) is 23.8. The maximum atomic E-state index is 13.2. The third kappa shape index (κ3) is 4.50. The van der Waals surface area contributed by atoms with Crippen molar-refractivity contribution in [3.05, 3.63) is 59.7 Å². The Labute approximate surface area is 198 Å². The normalized spacial score (nSPS) is 19.7. The molecule has 8 nitrogen and oxygen atoms in total. The summed E-state index contributed by atoms with van der Waals surface area (Å²) in [6.07, 6.45) is -0.319. The zero-order chi connectivity index (χ0) is 24.2. The zero-order valence-electron chi connectivity index (χ0n) is 19.4. The topological polar surface area (TPSA) is 105 Å². The number of ether oxygens (including phenoxy) is 2. The Bertz CT molecular complexity index is 1030. The molecule has 1 fully saturated rings. The number of fused-ring (bicyclic) bond motifs is 3. The second-order valence-electron chi connectivity index (χ2n) is 8.60. The number of nitrogens with zero attached hydrogens (tertiary/aromatic N) is 1. The fourth-order valence-corrected chi connectivity index (χ4v) is 4.96. The second kappa shape index (κ2) is 10.3. The van der Waals surface area contributed by atoms with Gasteiger partial charge in [0.15, 0.2) is 0 Å². The Kier molecular flexibility index (Phi) is 7.17. The molecule has 2 unspecified atom stereocenters. The van der Waals surface area contributed by atoms with Gasteiger partial charge in [0, 0.05) is 12.5 Å². The lowest BCUT2D eigenvalue weighted by atomic mass is 9.98. The van der Waals surface area contributed by atoms with Gasteiger partial charge in [0.25, 0.3) is 0 Å². The third-order valence-corrected chi connectivity index (χ3v) is 6.73. The predicted molar refractivity (Wildman–Crippen MR) is 125 cm³/mol. The molecule has 3 atom stereocenters. The third-order valence-electron chi connectivity index (χ3n) is 6.73. The minimum atomic E-state index is -0.994. The SMILES string of the molecule is CC[C@@H](NC(=O)OCC1c2ccccc2-c2ccccc21)C(=O)N(CC)C1COCC1C(=O)O. The number of likely N-dealkylation sites (N-methyl/N-ethyl adjacent to an activating group) is 1. The van der Waals surface area contributed by atoms with Gasteiger partial charge in [-0.3, -0.25) is 9.59 Å². The van der Waals surface area contributed by atoms with Crippen LogP contribution in [0.2, 0.25) is 0 Å². The van der Waals surface area contributed by atoms with Crippen molar-refractivity contribution in [2.45, 2.75) is 38.3 Å². The summed E-state index contributed by atoms with van der Waals surface area (Å²) in [6, 6.07) is 14.8. The van der Waals surface area contributed by atoms with Crippen molar-refractivity contribution in [3.63, 3.8) is 0 Å². The van der Waals surface area contributed by atoms with Crippen LogP contribution in [0, 0.1) is 5.92 Å². The van der Waals surface area contributed by atoms with Crippen LogP contribution in [0.1, 0.15) is 37.3 Å². The van der Waals surface area contributed by atoms with E-state index < -0.39 is 30.1 Å². The Morgan fingerprint density at radius 1 is 1.06 bits per heavy atom. The van der Waals surface area contributed by atoms with E-state index >= 15 is 0 Å². The summed E-state index contributed by atoms with van der Waals surface area (Å²) >= 11 is 0. The summed E-state index contributed by atoms with van der Waals surface area (Å²) in [4.78, 5) is 38.9. The highest BCUT2D eigenvalue weighted by molar-refractivity contribution is 5.86. The van der Waals surface area contributed by atoms with E-state index in [-0.39, 0.29) is 31.6 Å². The average molecular weight is 467 g/mol. The van der Waals surface area contributed by atoms with Crippen LogP contribution in [-0.4, -0.2) is 66.4 Å². The molecule has 0 radical (unpaired) electrons. The molecule has 4 rings (SSSR count). The van der Waals surface area contributed by atoms with E-state index in [9.17, 15) is 19.5 Å². The van der Waals surface area contributed by atoms with Crippen LogP contribution < -0.4 is 5.32 Å². The summed E-state index contributed by atoms with van der Waals surface area (Å²) in [5.41, 5.74) is 4.49. The van der Waals surface area contributed by atoms with Gasteiger partial charge in [-0.1, -0.05) is 55.5 Å². The minimum absolute atomic E-state index is 0.0698. The number of carboxylic acids is 1. The molecule has 2 N–H and O–H groups in total. The fraction of sp³-hybridized carbons (Fsp3) is 0.423. The van der Waals surface area contributed by atoms with Gasteiger partial charge < -0.3 is 24.8 Å². The molecular weight excluding hydrogens is 436 g/mol. The van der Waals surface area contributed by atoms with Gasteiger partial charge in [-0.05, 0) is 35.6 Å². The lowest BCUT2D eigenvalue weighted by Crippen LogP contribution is -2.54. The fourth-order valence-electron chi connectivity index (χ4n) is 4.96. The lowest BCUT2D eigenvalue weighted by molar-refractivity contribution is -0.145. The van der Waals surface area contributed by atoms with Gasteiger partial charge in [-0.15, -0.1) is 0 Å². The molecule has 0 saturated carbocycles. The first-order chi connectivity index (χ1) is 16.5. The monoisotopic (exact) mass is 466 g/mol. The number of rotatable bonds is 8. The molecule has 2 amide bonds. The van der Waals surface area contributed by atoms with Crippen LogP contribution in [0.25, 0.3) is 11.1 Å². The van der Waals surface area contributed by atoms with E-state index in [0.717, 1.165) is 22.3 Å². The van der Waals surface area contributed by atoms with E-state index in [2.05, 4.69) is 17.4 Å². The molecule has 180 valence electrons. The number of aliphatic carboxylic acids is 1. The Hall–Kier alpha value is -3.39. The largest absolute Gasteiger partial charge is 0.481 e. The second-order valence-corrected chi connectivity index (χ2v) is 8.60. The molecule has 8 heteroatoms. The van der Waals surface area contributed by atoms with Crippen LogP contribution in [0.15, 0.2) is 48.5 Å². The van der Waals surface area contributed by atoms with Gasteiger partial charge >= 0.3 is 12.1 Å². The number of nitrogens with one attached hydrogen (secondary N) is 1.